The van der Waals surface area contributed by atoms with Gasteiger partial charge in [0.15, 0.2) is 0 Å². The third-order valence-corrected chi connectivity index (χ3v) is 11.9. The zero-order valence-corrected chi connectivity index (χ0v) is 28.7. The number of aromatic nitrogens is 1. The van der Waals surface area contributed by atoms with Gasteiger partial charge in [0.2, 0.25) is 0 Å². The number of allylic oxidation sites excluding steroid dienone is 10. The van der Waals surface area contributed by atoms with E-state index in [0.717, 1.165) is 63.5 Å². The van der Waals surface area contributed by atoms with Crippen molar-refractivity contribution < 1.29 is 0 Å². The second kappa shape index (κ2) is 13.0. The second-order valence-electron chi connectivity index (χ2n) is 14.9. The highest BCUT2D eigenvalue weighted by atomic mass is 14.7. The molecule has 9 rings (SSSR count). The van der Waals surface area contributed by atoms with Crippen LogP contribution in [0.3, 0.4) is 0 Å². The Kier molecular flexibility index (Phi) is 8.12. The molecule has 49 heavy (non-hydrogen) atoms. The van der Waals surface area contributed by atoms with Crippen molar-refractivity contribution in [2.24, 2.45) is 22.7 Å². The topological polar surface area (TPSA) is 25.2 Å². The maximum atomic E-state index is 4.78. The Morgan fingerprint density at radius 3 is 2.39 bits per heavy atom. The first-order valence-electron chi connectivity index (χ1n) is 18.8. The van der Waals surface area contributed by atoms with Gasteiger partial charge in [0.25, 0.3) is 0 Å². The molecule has 4 unspecified atom stereocenters. The summed E-state index contributed by atoms with van der Waals surface area (Å²) < 4.78 is 0. The van der Waals surface area contributed by atoms with Gasteiger partial charge < -0.3 is 0 Å². The fourth-order valence-corrected chi connectivity index (χ4v) is 9.57. The van der Waals surface area contributed by atoms with E-state index in [-0.39, 0.29) is 0 Å². The number of rotatable bonds is 5. The van der Waals surface area contributed by atoms with Crippen molar-refractivity contribution in [1.29, 1.82) is 0 Å². The molecule has 0 spiro atoms. The first-order valence-corrected chi connectivity index (χ1v) is 18.8. The molecule has 3 aromatic rings. The average Bonchev–Trinajstić information content (AvgIpc) is 3.17. The standard InChI is InChI=1S/C47H46N2/c1-31-10-8-11-34-12-9-15-38(45(31)34)37-26-27-41-42(30-37)47(36-24-20-33(21-25-36)44-17-5-7-29-49-44)40-14-3-2-13-39(40)46(41)35-22-18-32(19-23-35)43-16-4-6-28-48-43/h5,7-9,11,13-18,20-21,24-29,31,34-35,37H,2-4,6,10,12,19,22-23,30H2,1H3. The van der Waals surface area contributed by atoms with Crippen molar-refractivity contribution in [1.82, 2.24) is 4.98 Å². The fraction of sp³-hybridized carbons (Fsp3) is 0.319. The molecule has 2 nitrogen and oxygen atoms in total. The quantitative estimate of drug-likeness (QED) is 0.255. The highest BCUT2D eigenvalue weighted by molar-refractivity contribution is 5.80. The van der Waals surface area contributed by atoms with Crippen LogP contribution in [-0.2, 0) is 6.42 Å². The van der Waals surface area contributed by atoms with Crippen molar-refractivity contribution >= 4 is 24.4 Å². The van der Waals surface area contributed by atoms with Crippen LogP contribution in [0.1, 0.15) is 87.3 Å². The summed E-state index contributed by atoms with van der Waals surface area (Å²) >= 11 is 0. The van der Waals surface area contributed by atoms with Crippen LogP contribution in [0, 0.1) is 17.8 Å². The van der Waals surface area contributed by atoms with Gasteiger partial charge in [0, 0.05) is 29.8 Å². The molecule has 0 amide bonds. The minimum atomic E-state index is 0.398. The van der Waals surface area contributed by atoms with Crippen LogP contribution in [0.5, 0.6) is 0 Å². The Bertz CT molecular complexity index is 2130. The van der Waals surface area contributed by atoms with Crippen LogP contribution in [0.15, 0.2) is 119 Å². The SMILES string of the molecule is CC1CC=CC2CC=CC(C3C=Cc4c(c(-c5ccc(-c6ccccn6)cc5)c5c(c4C4CC=C(C6=CCCC=N6)CC4)=CCCC=5)C3)=C12. The number of nitrogens with zero attached hydrogens (tertiary/aromatic N) is 2. The lowest BCUT2D eigenvalue weighted by Crippen LogP contribution is -2.37. The minimum absolute atomic E-state index is 0.398. The van der Waals surface area contributed by atoms with Crippen molar-refractivity contribution in [3.05, 3.63) is 141 Å². The maximum absolute atomic E-state index is 4.78. The number of fused-ring (bicyclic) bond motifs is 3. The molecule has 1 aliphatic heterocycles. The van der Waals surface area contributed by atoms with Gasteiger partial charge in [0.05, 0.1) is 11.4 Å². The van der Waals surface area contributed by atoms with E-state index in [4.69, 9.17) is 4.99 Å². The summed E-state index contributed by atoms with van der Waals surface area (Å²) in [7, 11) is 0. The van der Waals surface area contributed by atoms with Gasteiger partial charge in [-0.15, -0.1) is 0 Å². The van der Waals surface area contributed by atoms with Gasteiger partial charge in [-0.2, -0.15) is 0 Å². The number of aliphatic imine (C=N–C) groups is 1. The van der Waals surface area contributed by atoms with E-state index in [0.29, 0.717) is 23.7 Å². The number of hydrogen-bond donors (Lipinski definition) is 0. The summed E-state index contributed by atoms with van der Waals surface area (Å²) in [5.41, 5.74) is 15.6. The van der Waals surface area contributed by atoms with E-state index in [9.17, 15) is 0 Å². The number of benzene rings is 2. The second-order valence-corrected chi connectivity index (χ2v) is 14.9. The third-order valence-electron chi connectivity index (χ3n) is 11.9. The zero-order chi connectivity index (χ0) is 32.7. The van der Waals surface area contributed by atoms with E-state index in [1.807, 2.05) is 12.3 Å². The van der Waals surface area contributed by atoms with Crippen molar-refractivity contribution in [2.75, 3.05) is 0 Å². The zero-order valence-electron chi connectivity index (χ0n) is 28.7. The Morgan fingerprint density at radius 1 is 0.735 bits per heavy atom. The first kappa shape index (κ1) is 30.5. The fourth-order valence-electron chi connectivity index (χ4n) is 9.57. The van der Waals surface area contributed by atoms with E-state index < -0.39 is 0 Å². The molecule has 0 fully saturated rings. The van der Waals surface area contributed by atoms with E-state index in [1.54, 1.807) is 22.3 Å². The first-order chi connectivity index (χ1) is 24.2. The predicted octanol–water partition coefficient (Wildman–Crippen LogP) is 10.4. The highest BCUT2D eigenvalue weighted by Crippen LogP contribution is 2.45. The molecule has 4 atom stereocenters. The Morgan fingerprint density at radius 2 is 1.59 bits per heavy atom. The molecule has 0 saturated heterocycles. The van der Waals surface area contributed by atoms with Crippen LogP contribution >= 0.6 is 0 Å². The minimum Gasteiger partial charge on any atom is -0.261 e. The highest BCUT2D eigenvalue weighted by Gasteiger charge is 2.32. The summed E-state index contributed by atoms with van der Waals surface area (Å²) in [6.07, 6.45) is 40.1. The average molecular weight is 639 g/mol. The molecule has 2 aromatic carbocycles. The van der Waals surface area contributed by atoms with Crippen LogP contribution in [0.25, 0.3) is 40.6 Å². The van der Waals surface area contributed by atoms with Crippen molar-refractivity contribution in [2.45, 2.75) is 77.0 Å². The molecular formula is C47H46N2. The smallest absolute Gasteiger partial charge is 0.0701 e. The van der Waals surface area contributed by atoms with Gasteiger partial charge in [-0.25, -0.2) is 0 Å². The Hall–Kier alpha value is -4.56. The van der Waals surface area contributed by atoms with E-state index in [1.165, 1.54) is 50.4 Å². The Labute approximate surface area is 291 Å². The summed E-state index contributed by atoms with van der Waals surface area (Å²) in [6.45, 7) is 2.44. The summed E-state index contributed by atoms with van der Waals surface area (Å²) in [5.74, 6) is 2.09. The summed E-state index contributed by atoms with van der Waals surface area (Å²) in [6, 6.07) is 15.4. The summed E-state index contributed by atoms with van der Waals surface area (Å²) in [4.78, 5) is 9.41. The van der Waals surface area contributed by atoms with Crippen molar-refractivity contribution in [3.63, 3.8) is 0 Å². The van der Waals surface area contributed by atoms with Crippen LogP contribution < -0.4 is 10.4 Å². The van der Waals surface area contributed by atoms with E-state index in [2.05, 4.69) is 115 Å². The maximum Gasteiger partial charge on any atom is 0.0701 e. The van der Waals surface area contributed by atoms with Gasteiger partial charge >= 0.3 is 0 Å². The van der Waals surface area contributed by atoms with E-state index >= 15 is 0 Å². The van der Waals surface area contributed by atoms with Crippen LogP contribution in [0.4, 0.5) is 0 Å². The van der Waals surface area contributed by atoms with Gasteiger partial charge in [0.1, 0.15) is 0 Å². The molecule has 2 heteroatoms. The molecule has 0 saturated carbocycles. The lowest BCUT2D eigenvalue weighted by Gasteiger charge is -2.35. The molecule has 0 radical (unpaired) electrons. The van der Waals surface area contributed by atoms with Gasteiger partial charge in [-0.05, 0) is 138 Å². The summed E-state index contributed by atoms with van der Waals surface area (Å²) in [5, 5.41) is 2.97. The molecule has 6 aliphatic rings. The Balaban J connectivity index is 1.20. The lowest BCUT2D eigenvalue weighted by atomic mass is 9.69. The lowest BCUT2D eigenvalue weighted by molar-refractivity contribution is 0.540. The van der Waals surface area contributed by atoms with Crippen molar-refractivity contribution in [3.8, 4) is 22.4 Å². The molecule has 1 aromatic heterocycles. The largest absolute Gasteiger partial charge is 0.261 e. The molecule has 0 N–H and O–H groups in total. The van der Waals surface area contributed by atoms with Crippen LogP contribution in [-0.4, -0.2) is 11.2 Å². The normalized spacial score (nSPS) is 25.4. The molecule has 244 valence electrons. The molecular weight excluding hydrogens is 593 g/mol. The predicted molar refractivity (Wildman–Crippen MR) is 206 cm³/mol. The van der Waals surface area contributed by atoms with Gasteiger partial charge in [-0.1, -0.05) is 104 Å². The molecule has 0 bridgehead atoms. The molecule has 5 aliphatic carbocycles. The number of hydrogen-bond acceptors (Lipinski definition) is 2. The molecule has 2 heterocycles. The van der Waals surface area contributed by atoms with Gasteiger partial charge in [-0.3, -0.25) is 9.98 Å². The third kappa shape index (κ3) is 5.60. The monoisotopic (exact) mass is 638 g/mol. The number of pyridine rings is 1. The van der Waals surface area contributed by atoms with Crippen LogP contribution in [0.2, 0.25) is 0 Å².